The Morgan fingerprint density at radius 1 is 1.38 bits per heavy atom. The van der Waals surface area contributed by atoms with Crippen molar-refractivity contribution < 1.29 is 9.53 Å². The van der Waals surface area contributed by atoms with Crippen LogP contribution in [0.25, 0.3) is 0 Å². The van der Waals surface area contributed by atoms with Crippen molar-refractivity contribution in [3.63, 3.8) is 0 Å². The molecular formula is C13H16N4O2S2. The van der Waals surface area contributed by atoms with Gasteiger partial charge in [0.2, 0.25) is 0 Å². The summed E-state index contributed by atoms with van der Waals surface area (Å²) in [6, 6.07) is 0. The van der Waals surface area contributed by atoms with Gasteiger partial charge >= 0.3 is 0 Å². The van der Waals surface area contributed by atoms with Crippen LogP contribution in [0, 0.1) is 6.92 Å². The molecule has 2 aromatic heterocycles. The number of nitrogens with one attached hydrogen (secondary N) is 2. The molecule has 1 aliphatic heterocycles. The van der Waals surface area contributed by atoms with Crippen LogP contribution in [0.5, 0.6) is 0 Å². The predicted molar refractivity (Wildman–Crippen MR) is 84.4 cm³/mol. The minimum atomic E-state index is -0.231. The van der Waals surface area contributed by atoms with Crippen LogP contribution in [0.2, 0.25) is 0 Å². The van der Waals surface area contributed by atoms with Crippen molar-refractivity contribution in [3.05, 3.63) is 22.1 Å². The molecule has 1 saturated heterocycles. The molecule has 0 aromatic carbocycles. The number of carbonyl (C=O) groups is 1. The van der Waals surface area contributed by atoms with E-state index in [9.17, 15) is 4.79 Å². The third kappa shape index (κ3) is 3.78. The highest BCUT2D eigenvalue weighted by atomic mass is 32.1. The Bertz CT molecular complexity index is 619. The number of aryl methyl sites for hydroxylation is 1. The first kappa shape index (κ1) is 14.4. The summed E-state index contributed by atoms with van der Waals surface area (Å²) >= 11 is 2.83. The lowest BCUT2D eigenvalue weighted by Gasteiger charge is -2.08. The van der Waals surface area contributed by atoms with Crippen LogP contribution in [0.4, 0.5) is 10.3 Å². The fourth-order valence-electron chi connectivity index (χ4n) is 2.04. The molecule has 0 aliphatic carbocycles. The van der Waals surface area contributed by atoms with Gasteiger partial charge in [-0.2, -0.15) is 0 Å². The topological polar surface area (TPSA) is 76.1 Å². The van der Waals surface area contributed by atoms with Crippen molar-refractivity contribution in [2.75, 3.05) is 23.8 Å². The average molecular weight is 324 g/mol. The van der Waals surface area contributed by atoms with Crippen LogP contribution in [0.1, 0.15) is 29.0 Å². The average Bonchev–Trinajstić information content (AvgIpc) is 3.17. The SMILES string of the molecule is Cc1csc(NC(=O)c2csc(NC[C@H]3CCCO3)n2)n1. The summed E-state index contributed by atoms with van der Waals surface area (Å²) < 4.78 is 5.54. The van der Waals surface area contributed by atoms with Crippen molar-refractivity contribution in [2.24, 2.45) is 0 Å². The van der Waals surface area contributed by atoms with Gasteiger partial charge in [-0.1, -0.05) is 0 Å². The molecule has 8 heteroatoms. The summed E-state index contributed by atoms with van der Waals surface area (Å²) in [5.74, 6) is -0.231. The first-order chi connectivity index (χ1) is 10.2. The number of thiazole rings is 2. The Hall–Kier alpha value is -1.51. The molecule has 3 rings (SSSR count). The van der Waals surface area contributed by atoms with Gasteiger partial charge < -0.3 is 10.1 Å². The Morgan fingerprint density at radius 3 is 2.95 bits per heavy atom. The maximum atomic E-state index is 12.0. The smallest absolute Gasteiger partial charge is 0.276 e. The fourth-order valence-corrected chi connectivity index (χ4v) is 3.42. The lowest BCUT2D eigenvalue weighted by atomic mass is 10.2. The molecule has 1 fully saturated rings. The Kier molecular flexibility index (Phi) is 4.47. The molecule has 1 aliphatic rings. The van der Waals surface area contributed by atoms with Crippen molar-refractivity contribution >= 4 is 38.8 Å². The highest BCUT2D eigenvalue weighted by Crippen LogP contribution is 2.20. The second kappa shape index (κ2) is 6.50. The maximum absolute atomic E-state index is 12.0. The summed E-state index contributed by atoms with van der Waals surface area (Å²) in [6.07, 6.45) is 2.45. The van der Waals surface area contributed by atoms with Crippen LogP contribution >= 0.6 is 22.7 Å². The number of hydrogen-bond donors (Lipinski definition) is 2. The highest BCUT2D eigenvalue weighted by Gasteiger charge is 2.17. The van der Waals surface area contributed by atoms with Crippen LogP contribution < -0.4 is 10.6 Å². The van der Waals surface area contributed by atoms with Crippen molar-refractivity contribution in [1.29, 1.82) is 0 Å². The molecule has 2 aromatic rings. The van der Waals surface area contributed by atoms with Gasteiger partial charge in [-0.05, 0) is 19.8 Å². The van der Waals surface area contributed by atoms with Gasteiger partial charge in [0.15, 0.2) is 10.3 Å². The summed E-state index contributed by atoms with van der Waals surface area (Å²) in [5, 5.41) is 10.9. The van der Waals surface area contributed by atoms with Crippen LogP contribution in [-0.2, 0) is 4.74 Å². The zero-order chi connectivity index (χ0) is 14.7. The molecule has 0 unspecified atom stereocenters. The molecule has 0 bridgehead atoms. The molecule has 0 saturated carbocycles. The number of carbonyl (C=O) groups excluding carboxylic acids is 1. The molecule has 112 valence electrons. The van der Waals surface area contributed by atoms with Gasteiger partial charge in [0, 0.05) is 23.9 Å². The molecule has 0 spiro atoms. The normalized spacial score (nSPS) is 17.9. The molecule has 21 heavy (non-hydrogen) atoms. The molecule has 1 atom stereocenters. The fraction of sp³-hybridized carbons (Fsp3) is 0.462. The van der Waals surface area contributed by atoms with E-state index in [0.717, 1.165) is 36.8 Å². The number of amides is 1. The molecule has 1 amide bonds. The highest BCUT2D eigenvalue weighted by molar-refractivity contribution is 7.14. The van der Waals surface area contributed by atoms with Crippen LogP contribution in [0.15, 0.2) is 10.8 Å². The number of rotatable bonds is 5. The van der Waals surface area contributed by atoms with E-state index in [0.29, 0.717) is 10.8 Å². The second-order valence-electron chi connectivity index (χ2n) is 4.80. The van der Waals surface area contributed by atoms with E-state index >= 15 is 0 Å². The second-order valence-corrected chi connectivity index (χ2v) is 6.52. The minimum absolute atomic E-state index is 0.231. The first-order valence-electron chi connectivity index (χ1n) is 6.75. The third-order valence-electron chi connectivity index (χ3n) is 3.08. The Labute approximate surface area is 130 Å². The first-order valence-corrected chi connectivity index (χ1v) is 8.51. The van der Waals surface area contributed by atoms with Gasteiger partial charge in [0.25, 0.3) is 5.91 Å². The number of ether oxygens (including phenoxy) is 1. The zero-order valence-electron chi connectivity index (χ0n) is 11.6. The Morgan fingerprint density at radius 2 is 2.24 bits per heavy atom. The maximum Gasteiger partial charge on any atom is 0.276 e. The number of anilines is 2. The standard InChI is InChI=1S/C13H16N4O2S2/c1-8-6-20-13(15-8)17-11(18)10-7-21-12(16-10)14-5-9-3-2-4-19-9/h6-7,9H,2-5H2,1H3,(H,14,16)(H,15,17,18)/t9-/m1/s1. The summed E-state index contributed by atoms with van der Waals surface area (Å²) in [4.78, 5) is 20.5. The molecular weight excluding hydrogens is 308 g/mol. The van der Waals surface area contributed by atoms with Crippen LogP contribution in [0.3, 0.4) is 0 Å². The van der Waals surface area contributed by atoms with E-state index in [4.69, 9.17) is 4.74 Å². The van der Waals surface area contributed by atoms with E-state index in [1.165, 1.54) is 22.7 Å². The Balaban J connectivity index is 1.54. The monoisotopic (exact) mass is 324 g/mol. The summed E-state index contributed by atoms with van der Waals surface area (Å²) in [5.41, 5.74) is 1.30. The molecule has 3 heterocycles. The van der Waals surface area contributed by atoms with E-state index in [1.54, 1.807) is 5.38 Å². The number of nitrogens with zero attached hydrogens (tertiary/aromatic N) is 2. The summed E-state index contributed by atoms with van der Waals surface area (Å²) in [7, 11) is 0. The predicted octanol–water partition coefficient (Wildman–Crippen LogP) is 2.75. The largest absolute Gasteiger partial charge is 0.376 e. The number of hydrogen-bond acceptors (Lipinski definition) is 7. The van der Waals surface area contributed by atoms with Crippen molar-refractivity contribution in [1.82, 2.24) is 9.97 Å². The molecule has 2 N–H and O–H groups in total. The van der Waals surface area contributed by atoms with E-state index in [1.807, 2.05) is 12.3 Å². The van der Waals surface area contributed by atoms with Crippen LogP contribution in [-0.4, -0.2) is 35.1 Å². The van der Waals surface area contributed by atoms with Gasteiger partial charge in [0.05, 0.1) is 11.8 Å². The van der Waals surface area contributed by atoms with E-state index in [-0.39, 0.29) is 12.0 Å². The lowest BCUT2D eigenvalue weighted by molar-refractivity contribution is 0.102. The summed E-state index contributed by atoms with van der Waals surface area (Å²) in [6.45, 7) is 3.47. The van der Waals surface area contributed by atoms with Crippen molar-refractivity contribution in [2.45, 2.75) is 25.9 Å². The van der Waals surface area contributed by atoms with Gasteiger partial charge in [0.1, 0.15) is 5.69 Å². The van der Waals surface area contributed by atoms with Gasteiger partial charge in [-0.15, -0.1) is 22.7 Å². The number of aromatic nitrogens is 2. The zero-order valence-corrected chi connectivity index (χ0v) is 13.2. The van der Waals surface area contributed by atoms with Gasteiger partial charge in [-0.25, -0.2) is 9.97 Å². The molecule has 6 nitrogen and oxygen atoms in total. The van der Waals surface area contributed by atoms with E-state index in [2.05, 4.69) is 20.6 Å². The lowest BCUT2D eigenvalue weighted by Crippen LogP contribution is -2.18. The van der Waals surface area contributed by atoms with E-state index < -0.39 is 0 Å². The third-order valence-corrected chi connectivity index (χ3v) is 4.76. The quantitative estimate of drug-likeness (QED) is 0.884. The molecule has 0 radical (unpaired) electrons. The van der Waals surface area contributed by atoms with Gasteiger partial charge in [-0.3, -0.25) is 10.1 Å². The van der Waals surface area contributed by atoms with Crippen molar-refractivity contribution in [3.8, 4) is 0 Å². The minimum Gasteiger partial charge on any atom is -0.376 e.